The maximum absolute atomic E-state index is 13.5. The van der Waals surface area contributed by atoms with Gasteiger partial charge in [-0.15, -0.1) is 0 Å². The summed E-state index contributed by atoms with van der Waals surface area (Å²) in [4.78, 5) is 28.2. The van der Waals surface area contributed by atoms with E-state index in [1.807, 2.05) is 23.1 Å². The van der Waals surface area contributed by atoms with Crippen LogP contribution in [0.4, 0.5) is 4.79 Å². The fourth-order valence-corrected chi connectivity index (χ4v) is 4.59. The first-order valence-corrected chi connectivity index (χ1v) is 10.0. The molecular formula is C21H28N2O3. The molecule has 140 valence electrons. The third-order valence-electron chi connectivity index (χ3n) is 6.27. The molecule has 26 heavy (non-hydrogen) atoms. The van der Waals surface area contributed by atoms with E-state index in [0.717, 1.165) is 18.5 Å². The number of likely N-dealkylation sites (tertiary alicyclic amines) is 1. The molecule has 1 aromatic carbocycles. The van der Waals surface area contributed by atoms with E-state index < -0.39 is 6.09 Å². The summed E-state index contributed by atoms with van der Waals surface area (Å²) in [5, 5.41) is 9.27. The van der Waals surface area contributed by atoms with E-state index in [4.69, 9.17) is 0 Å². The number of hydrogen-bond acceptors (Lipinski definition) is 2. The van der Waals surface area contributed by atoms with Gasteiger partial charge < -0.3 is 14.9 Å². The first-order valence-electron chi connectivity index (χ1n) is 10.0. The molecule has 3 fully saturated rings. The van der Waals surface area contributed by atoms with Crippen molar-refractivity contribution in [3.8, 4) is 0 Å². The minimum Gasteiger partial charge on any atom is -0.465 e. The van der Waals surface area contributed by atoms with Crippen molar-refractivity contribution in [1.29, 1.82) is 0 Å². The maximum atomic E-state index is 13.5. The van der Waals surface area contributed by atoms with E-state index in [0.29, 0.717) is 24.9 Å². The molecule has 5 nitrogen and oxygen atoms in total. The topological polar surface area (TPSA) is 60.9 Å². The summed E-state index contributed by atoms with van der Waals surface area (Å²) < 4.78 is 0. The summed E-state index contributed by atoms with van der Waals surface area (Å²) in [5.74, 6) is 1.20. The Balaban J connectivity index is 1.58. The molecule has 4 rings (SSSR count). The smallest absolute Gasteiger partial charge is 0.407 e. The van der Waals surface area contributed by atoms with Gasteiger partial charge >= 0.3 is 6.09 Å². The lowest BCUT2D eigenvalue weighted by Gasteiger charge is -2.30. The Bertz CT molecular complexity index is 680. The summed E-state index contributed by atoms with van der Waals surface area (Å²) in [6.45, 7) is 1.74. The zero-order valence-corrected chi connectivity index (χ0v) is 15.3. The molecular weight excluding hydrogens is 328 g/mol. The fraction of sp³-hybridized carbons (Fsp3) is 0.619. The Morgan fingerprint density at radius 1 is 1.08 bits per heavy atom. The second-order valence-corrected chi connectivity index (χ2v) is 8.14. The SMILES string of the molecule is O=C(O)N1CC[C@H](N(CC2CC2)C(=O)c2ccccc2C2CCCC2)C1. The molecule has 0 unspecified atom stereocenters. The van der Waals surface area contributed by atoms with Crippen LogP contribution in [0.5, 0.6) is 0 Å². The Hall–Kier alpha value is -2.04. The van der Waals surface area contributed by atoms with E-state index in [2.05, 4.69) is 6.07 Å². The second-order valence-electron chi connectivity index (χ2n) is 8.14. The van der Waals surface area contributed by atoms with Gasteiger partial charge in [0.25, 0.3) is 5.91 Å². The molecule has 0 bridgehead atoms. The van der Waals surface area contributed by atoms with Gasteiger partial charge in [-0.1, -0.05) is 31.0 Å². The van der Waals surface area contributed by atoms with Crippen LogP contribution in [-0.2, 0) is 0 Å². The van der Waals surface area contributed by atoms with Crippen LogP contribution in [0, 0.1) is 5.92 Å². The van der Waals surface area contributed by atoms with Crippen LogP contribution in [0.25, 0.3) is 0 Å². The monoisotopic (exact) mass is 356 g/mol. The van der Waals surface area contributed by atoms with E-state index in [-0.39, 0.29) is 11.9 Å². The van der Waals surface area contributed by atoms with Gasteiger partial charge in [0.1, 0.15) is 0 Å². The second kappa shape index (κ2) is 7.29. The summed E-state index contributed by atoms with van der Waals surface area (Å²) in [6.07, 6.45) is 7.07. The zero-order chi connectivity index (χ0) is 18.1. The molecule has 1 heterocycles. The number of carbonyl (C=O) groups excluding carboxylic acids is 1. The highest BCUT2D eigenvalue weighted by molar-refractivity contribution is 5.96. The fourth-order valence-electron chi connectivity index (χ4n) is 4.59. The van der Waals surface area contributed by atoms with Crippen molar-refractivity contribution in [1.82, 2.24) is 9.80 Å². The molecule has 0 radical (unpaired) electrons. The van der Waals surface area contributed by atoms with Crippen molar-refractivity contribution < 1.29 is 14.7 Å². The molecule has 1 aliphatic heterocycles. The van der Waals surface area contributed by atoms with Crippen molar-refractivity contribution in [2.24, 2.45) is 5.92 Å². The van der Waals surface area contributed by atoms with Crippen molar-refractivity contribution in [2.45, 2.75) is 56.9 Å². The molecule has 1 saturated heterocycles. The van der Waals surface area contributed by atoms with E-state index in [1.54, 1.807) is 0 Å². The van der Waals surface area contributed by atoms with Gasteiger partial charge in [0, 0.05) is 25.2 Å². The van der Waals surface area contributed by atoms with E-state index in [9.17, 15) is 14.7 Å². The molecule has 1 aromatic rings. The van der Waals surface area contributed by atoms with Gasteiger partial charge in [0.05, 0.1) is 6.04 Å². The van der Waals surface area contributed by atoms with Crippen molar-refractivity contribution >= 4 is 12.0 Å². The number of nitrogens with zero attached hydrogens (tertiary/aromatic N) is 2. The standard InChI is InChI=1S/C21H28N2O3/c24-20(19-8-4-3-7-18(19)16-5-1-2-6-16)23(13-15-9-10-15)17-11-12-22(14-17)21(25)26/h3-4,7-8,15-17H,1-2,5-6,9-14H2,(H,25,26)/t17-/m0/s1. The van der Waals surface area contributed by atoms with Crippen LogP contribution < -0.4 is 0 Å². The summed E-state index contributed by atoms with van der Waals surface area (Å²) in [7, 11) is 0. The minimum absolute atomic E-state index is 0.0100. The van der Waals surface area contributed by atoms with E-state index >= 15 is 0 Å². The highest BCUT2D eigenvalue weighted by Crippen LogP contribution is 2.37. The average Bonchev–Trinajstić information content (AvgIpc) is 3.13. The predicted molar refractivity (Wildman–Crippen MR) is 99.4 cm³/mol. The molecule has 2 amide bonds. The van der Waals surface area contributed by atoms with Gasteiger partial charge in [-0.05, 0) is 55.6 Å². The molecule has 1 N–H and O–H groups in total. The van der Waals surface area contributed by atoms with Crippen LogP contribution in [0.15, 0.2) is 24.3 Å². The Morgan fingerprint density at radius 2 is 1.81 bits per heavy atom. The third kappa shape index (κ3) is 3.57. The van der Waals surface area contributed by atoms with Crippen molar-refractivity contribution in [3.63, 3.8) is 0 Å². The lowest BCUT2D eigenvalue weighted by molar-refractivity contribution is 0.0667. The van der Waals surface area contributed by atoms with Crippen molar-refractivity contribution in [3.05, 3.63) is 35.4 Å². The summed E-state index contributed by atoms with van der Waals surface area (Å²) in [5.41, 5.74) is 2.04. The quantitative estimate of drug-likeness (QED) is 0.869. The number of carbonyl (C=O) groups is 2. The number of carboxylic acid groups (broad SMARTS) is 1. The van der Waals surface area contributed by atoms with E-state index in [1.165, 1.54) is 49.0 Å². The first-order chi connectivity index (χ1) is 12.6. The summed E-state index contributed by atoms with van der Waals surface area (Å²) >= 11 is 0. The number of rotatable bonds is 5. The minimum atomic E-state index is -0.877. The van der Waals surface area contributed by atoms with Crippen LogP contribution in [0.2, 0.25) is 0 Å². The van der Waals surface area contributed by atoms with Crippen LogP contribution >= 0.6 is 0 Å². The van der Waals surface area contributed by atoms with Gasteiger partial charge in [-0.25, -0.2) is 4.79 Å². The average molecular weight is 356 g/mol. The molecule has 0 spiro atoms. The largest absolute Gasteiger partial charge is 0.465 e. The van der Waals surface area contributed by atoms with Crippen LogP contribution in [-0.4, -0.2) is 52.6 Å². The van der Waals surface area contributed by atoms with Crippen molar-refractivity contribution in [2.75, 3.05) is 19.6 Å². The highest BCUT2D eigenvalue weighted by Gasteiger charge is 2.37. The molecule has 2 saturated carbocycles. The van der Waals surface area contributed by atoms with Gasteiger partial charge in [0.2, 0.25) is 0 Å². The highest BCUT2D eigenvalue weighted by atomic mass is 16.4. The van der Waals surface area contributed by atoms with Gasteiger partial charge in [-0.2, -0.15) is 0 Å². The lowest BCUT2D eigenvalue weighted by atomic mass is 9.92. The maximum Gasteiger partial charge on any atom is 0.407 e. The Morgan fingerprint density at radius 3 is 2.46 bits per heavy atom. The normalized spacial score (nSPS) is 23.4. The molecule has 3 aliphatic rings. The number of amides is 2. The van der Waals surface area contributed by atoms with Crippen LogP contribution in [0.1, 0.15) is 66.8 Å². The predicted octanol–water partition coefficient (Wildman–Crippen LogP) is 3.95. The van der Waals surface area contributed by atoms with Gasteiger partial charge in [0.15, 0.2) is 0 Å². The third-order valence-corrected chi connectivity index (χ3v) is 6.27. The Kier molecular flexibility index (Phi) is 4.88. The van der Waals surface area contributed by atoms with Gasteiger partial charge in [-0.3, -0.25) is 4.79 Å². The number of benzene rings is 1. The lowest BCUT2D eigenvalue weighted by Crippen LogP contribution is -2.44. The Labute approximate surface area is 155 Å². The number of hydrogen-bond donors (Lipinski definition) is 1. The first kappa shape index (κ1) is 17.4. The van der Waals surface area contributed by atoms with Crippen LogP contribution in [0.3, 0.4) is 0 Å². The molecule has 0 aromatic heterocycles. The molecule has 2 aliphatic carbocycles. The summed E-state index contributed by atoms with van der Waals surface area (Å²) in [6, 6.07) is 8.10. The zero-order valence-electron chi connectivity index (χ0n) is 15.3. The molecule has 1 atom stereocenters. The molecule has 5 heteroatoms.